The van der Waals surface area contributed by atoms with Crippen LogP contribution in [0.1, 0.15) is 63.2 Å². The molecule has 2 amide bonds. The number of nitrogens with one attached hydrogen (secondary N) is 2. The number of aliphatic hydroxyl groups excluding tert-OH is 1. The molecule has 4 fully saturated rings. The van der Waals surface area contributed by atoms with Crippen LogP contribution in [0.15, 0.2) is 42.6 Å². The van der Waals surface area contributed by atoms with E-state index in [2.05, 4.69) is 15.7 Å². The molecule has 7 heteroatoms. The second-order valence-corrected chi connectivity index (χ2v) is 11.6. The maximum absolute atomic E-state index is 13.6. The number of carbonyl (C=O) groups excluding carboxylic acids is 2. The number of carbonyl (C=O) groups is 2. The molecule has 6 rings (SSSR count). The lowest BCUT2D eigenvalue weighted by Crippen LogP contribution is -2.60. The van der Waals surface area contributed by atoms with E-state index >= 15 is 0 Å². The molecule has 0 aliphatic heterocycles. The molecule has 0 radical (unpaired) electrons. The minimum absolute atomic E-state index is 0.0727. The highest BCUT2D eigenvalue weighted by atomic mass is 16.3. The Kier molecular flexibility index (Phi) is 6.08. The molecule has 4 aliphatic carbocycles. The zero-order valence-electron chi connectivity index (χ0n) is 20.8. The molecule has 4 saturated carbocycles. The number of hydrogen-bond acceptors (Lipinski definition) is 4. The highest BCUT2D eigenvalue weighted by Gasteiger charge is 2.55. The third-order valence-electron chi connectivity index (χ3n) is 8.25. The summed E-state index contributed by atoms with van der Waals surface area (Å²) >= 11 is 0. The van der Waals surface area contributed by atoms with Crippen LogP contribution in [0.2, 0.25) is 0 Å². The molecule has 1 aromatic heterocycles. The molecule has 4 bridgehead atoms. The van der Waals surface area contributed by atoms with Gasteiger partial charge in [-0.25, -0.2) is 4.68 Å². The third-order valence-corrected chi connectivity index (χ3v) is 8.25. The fourth-order valence-electron chi connectivity index (χ4n) is 7.13. The van der Waals surface area contributed by atoms with E-state index in [1.807, 2.05) is 56.5 Å². The SMILES string of the molecule is CC(=O)NC(C)(C)C=Cn1ncc(C(=O)NC2C3CC4CC2CC(CO)(C4)C3)c1-c1ccccc1. The fourth-order valence-corrected chi connectivity index (χ4v) is 7.13. The molecule has 3 N–H and O–H groups in total. The molecule has 4 aliphatic rings. The summed E-state index contributed by atoms with van der Waals surface area (Å²) in [5.41, 5.74) is 1.69. The molecular formula is C28H36N4O3. The predicted octanol–water partition coefficient (Wildman–Crippen LogP) is 3.85. The van der Waals surface area contributed by atoms with Crippen LogP contribution in [0.5, 0.6) is 0 Å². The van der Waals surface area contributed by atoms with E-state index in [0.717, 1.165) is 43.4 Å². The van der Waals surface area contributed by atoms with E-state index in [-0.39, 0.29) is 29.9 Å². The number of benzene rings is 1. The van der Waals surface area contributed by atoms with Crippen molar-refractivity contribution in [2.75, 3.05) is 6.61 Å². The topological polar surface area (TPSA) is 96.2 Å². The van der Waals surface area contributed by atoms with Gasteiger partial charge in [-0.3, -0.25) is 9.59 Å². The standard InChI is InChI=1S/C28H36N4O3/c1-18(34)31-27(2,3)9-10-32-25(20-7-5-4-6-8-20)23(16-29-32)26(35)30-24-21-11-19-12-22(24)15-28(13-19,14-21)17-33/h4-10,16,19,21-22,24,33H,11-15,17H2,1-3H3,(H,30,35)(H,31,34). The molecule has 1 aromatic carbocycles. The Hall–Kier alpha value is -2.93. The molecule has 1 heterocycles. The van der Waals surface area contributed by atoms with Crippen LogP contribution in [0.4, 0.5) is 0 Å². The fraction of sp³-hybridized carbons (Fsp3) is 0.536. The molecule has 0 spiro atoms. The average Bonchev–Trinajstić information content (AvgIpc) is 3.24. The maximum atomic E-state index is 13.6. The van der Waals surface area contributed by atoms with Crippen molar-refractivity contribution in [3.05, 3.63) is 48.2 Å². The molecule has 2 unspecified atom stereocenters. The van der Waals surface area contributed by atoms with Gasteiger partial charge in [0.25, 0.3) is 5.91 Å². The molecule has 2 aromatic rings. The van der Waals surface area contributed by atoms with Crippen molar-refractivity contribution in [1.82, 2.24) is 20.4 Å². The van der Waals surface area contributed by atoms with Gasteiger partial charge in [-0.15, -0.1) is 0 Å². The quantitative estimate of drug-likeness (QED) is 0.566. The molecule has 186 valence electrons. The molecule has 7 nitrogen and oxygen atoms in total. The van der Waals surface area contributed by atoms with Gasteiger partial charge in [0, 0.05) is 31.3 Å². The zero-order valence-corrected chi connectivity index (χ0v) is 20.8. The Morgan fingerprint density at radius 3 is 2.49 bits per heavy atom. The zero-order chi connectivity index (χ0) is 24.8. The van der Waals surface area contributed by atoms with Crippen LogP contribution >= 0.6 is 0 Å². The van der Waals surface area contributed by atoms with Crippen molar-refractivity contribution in [2.45, 2.75) is 64.5 Å². The summed E-state index contributed by atoms with van der Waals surface area (Å²) < 4.78 is 1.71. The van der Waals surface area contributed by atoms with Gasteiger partial charge in [0.15, 0.2) is 0 Å². The average molecular weight is 477 g/mol. The lowest BCUT2D eigenvalue weighted by atomic mass is 9.48. The number of hydrogen-bond donors (Lipinski definition) is 3. The largest absolute Gasteiger partial charge is 0.396 e. The van der Waals surface area contributed by atoms with E-state index < -0.39 is 5.54 Å². The molecular weight excluding hydrogens is 440 g/mol. The van der Waals surface area contributed by atoms with Gasteiger partial charge in [0.1, 0.15) is 0 Å². The lowest BCUT2D eigenvalue weighted by Gasteiger charge is -2.59. The van der Waals surface area contributed by atoms with Crippen molar-refractivity contribution in [2.24, 2.45) is 23.2 Å². The summed E-state index contributed by atoms with van der Waals surface area (Å²) in [6, 6.07) is 9.96. The van der Waals surface area contributed by atoms with Crippen LogP contribution in [-0.2, 0) is 4.79 Å². The summed E-state index contributed by atoms with van der Waals surface area (Å²) in [4.78, 5) is 25.2. The van der Waals surface area contributed by atoms with Crippen LogP contribution in [0, 0.1) is 23.2 Å². The highest BCUT2D eigenvalue weighted by Crippen LogP contribution is 2.59. The Balaban J connectivity index is 1.42. The van der Waals surface area contributed by atoms with Crippen molar-refractivity contribution in [1.29, 1.82) is 0 Å². The molecule has 2 atom stereocenters. The second kappa shape index (κ2) is 8.94. The summed E-state index contributed by atoms with van der Waals surface area (Å²) in [7, 11) is 0. The van der Waals surface area contributed by atoms with Crippen molar-refractivity contribution in [3.8, 4) is 11.3 Å². The number of amides is 2. The predicted molar refractivity (Wildman–Crippen MR) is 135 cm³/mol. The Labute approximate surface area is 207 Å². The number of rotatable bonds is 7. The van der Waals surface area contributed by atoms with E-state index in [0.29, 0.717) is 23.3 Å². The normalized spacial score (nSPS) is 29.5. The smallest absolute Gasteiger partial charge is 0.255 e. The number of aromatic nitrogens is 2. The van der Waals surface area contributed by atoms with E-state index in [1.165, 1.54) is 6.92 Å². The highest BCUT2D eigenvalue weighted by molar-refractivity contribution is 6.00. The van der Waals surface area contributed by atoms with Crippen LogP contribution < -0.4 is 10.6 Å². The summed E-state index contributed by atoms with van der Waals surface area (Å²) in [5, 5.41) is 20.9. The maximum Gasteiger partial charge on any atom is 0.255 e. The van der Waals surface area contributed by atoms with Crippen LogP contribution in [0.25, 0.3) is 17.5 Å². The minimum atomic E-state index is -0.558. The summed E-state index contributed by atoms with van der Waals surface area (Å²) in [6.07, 6.45) is 10.8. The first-order valence-corrected chi connectivity index (χ1v) is 12.7. The van der Waals surface area contributed by atoms with Gasteiger partial charge >= 0.3 is 0 Å². The van der Waals surface area contributed by atoms with E-state index in [9.17, 15) is 14.7 Å². The minimum Gasteiger partial charge on any atom is -0.396 e. The Bertz CT molecular complexity index is 1120. The summed E-state index contributed by atoms with van der Waals surface area (Å²) in [5.74, 6) is 1.35. The lowest BCUT2D eigenvalue weighted by molar-refractivity contribution is -0.120. The van der Waals surface area contributed by atoms with Gasteiger partial charge < -0.3 is 15.7 Å². The summed E-state index contributed by atoms with van der Waals surface area (Å²) in [6.45, 7) is 5.59. The van der Waals surface area contributed by atoms with Crippen molar-refractivity contribution < 1.29 is 14.7 Å². The third kappa shape index (κ3) is 4.66. The second-order valence-electron chi connectivity index (χ2n) is 11.6. The first-order valence-electron chi connectivity index (χ1n) is 12.7. The van der Waals surface area contributed by atoms with Gasteiger partial charge in [0.2, 0.25) is 5.91 Å². The first-order chi connectivity index (χ1) is 16.7. The van der Waals surface area contributed by atoms with Crippen molar-refractivity contribution in [3.63, 3.8) is 0 Å². The Morgan fingerprint density at radius 2 is 1.86 bits per heavy atom. The van der Waals surface area contributed by atoms with Gasteiger partial charge in [-0.05, 0) is 75.2 Å². The molecule has 0 saturated heterocycles. The van der Waals surface area contributed by atoms with Crippen LogP contribution in [-0.4, -0.2) is 44.9 Å². The number of nitrogens with zero attached hydrogens (tertiary/aromatic N) is 2. The van der Waals surface area contributed by atoms with Gasteiger partial charge in [0.05, 0.1) is 23.0 Å². The van der Waals surface area contributed by atoms with E-state index in [1.54, 1.807) is 10.9 Å². The van der Waals surface area contributed by atoms with Crippen LogP contribution in [0.3, 0.4) is 0 Å². The van der Waals surface area contributed by atoms with Gasteiger partial charge in [-0.2, -0.15) is 5.10 Å². The molecule has 35 heavy (non-hydrogen) atoms. The Morgan fingerprint density at radius 1 is 1.17 bits per heavy atom. The van der Waals surface area contributed by atoms with E-state index in [4.69, 9.17) is 0 Å². The van der Waals surface area contributed by atoms with Gasteiger partial charge in [-0.1, -0.05) is 30.3 Å². The first kappa shape index (κ1) is 23.8. The monoisotopic (exact) mass is 476 g/mol. The number of aliphatic hydroxyl groups is 1. The van der Waals surface area contributed by atoms with Crippen molar-refractivity contribution >= 4 is 18.0 Å².